The van der Waals surface area contributed by atoms with Gasteiger partial charge in [0.15, 0.2) is 0 Å². The number of aromatic nitrogens is 1. The maximum Gasteiger partial charge on any atom is 0.400 e. The fourth-order valence-corrected chi connectivity index (χ4v) is 1.49. The second kappa shape index (κ2) is 7.08. The lowest BCUT2D eigenvalue weighted by molar-refractivity contribution is -0.168. The summed E-state index contributed by atoms with van der Waals surface area (Å²) in [5.74, 6) is -2.94. The summed E-state index contributed by atoms with van der Waals surface area (Å²) in [6.07, 6.45) is 0.0972. The summed E-state index contributed by atoms with van der Waals surface area (Å²) in [5.41, 5.74) is 5.96. The van der Waals surface area contributed by atoms with Gasteiger partial charge in [0.25, 0.3) is 0 Å². The molecule has 0 saturated carbocycles. The van der Waals surface area contributed by atoms with Crippen molar-refractivity contribution >= 4 is 5.84 Å². The van der Waals surface area contributed by atoms with Gasteiger partial charge < -0.3 is 10.5 Å². The van der Waals surface area contributed by atoms with Crippen LogP contribution in [0.2, 0.25) is 0 Å². The minimum atomic E-state index is -4.53. The summed E-state index contributed by atoms with van der Waals surface area (Å²) in [7, 11) is 0. The highest BCUT2D eigenvalue weighted by Crippen LogP contribution is 2.26. The molecule has 1 heterocycles. The van der Waals surface area contributed by atoms with Crippen molar-refractivity contribution in [2.45, 2.75) is 19.0 Å². The molecule has 0 spiro atoms. The monoisotopic (exact) mass is 275 g/mol. The van der Waals surface area contributed by atoms with E-state index in [1.54, 1.807) is 12.4 Å². The largest absolute Gasteiger partial charge is 0.400 e. The molecule has 0 radical (unpaired) electrons. The Morgan fingerprint density at radius 3 is 2.53 bits per heavy atom. The van der Waals surface area contributed by atoms with E-state index in [0.29, 0.717) is 12.8 Å². The summed E-state index contributed by atoms with van der Waals surface area (Å²) < 4.78 is 42.3. The van der Waals surface area contributed by atoms with Crippen LogP contribution in [0.25, 0.3) is 0 Å². The van der Waals surface area contributed by atoms with Crippen molar-refractivity contribution in [3.05, 3.63) is 30.1 Å². The molecule has 0 aliphatic heterocycles. The molecular weight excluding hydrogens is 259 g/mol. The number of nitrogens with one attached hydrogen (secondary N) is 1. The Balaban J connectivity index is 2.25. The number of alkyl halides is 3. The van der Waals surface area contributed by atoms with Gasteiger partial charge in [0, 0.05) is 19.0 Å². The summed E-state index contributed by atoms with van der Waals surface area (Å²) in [6.45, 7) is -0.405. The number of pyridine rings is 1. The number of rotatable bonds is 7. The Morgan fingerprint density at radius 2 is 2.00 bits per heavy atom. The van der Waals surface area contributed by atoms with Crippen molar-refractivity contribution in [3.63, 3.8) is 0 Å². The molecule has 1 atom stereocenters. The van der Waals surface area contributed by atoms with Crippen LogP contribution >= 0.6 is 0 Å². The first-order valence-electron chi connectivity index (χ1n) is 5.78. The maximum absolute atomic E-state index is 12.4. The first-order chi connectivity index (χ1) is 8.91. The molecule has 0 amide bonds. The van der Waals surface area contributed by atoms with E-state index in [1.807, 2.05) is 12.1 Å². The molecule has 0 aromatic carbocycles. The van der Waals surface area contributed by atoms with Crippen LogP contribution in [0.5, 0.6) is 0 Å². The van der Waals surface area contributed by atoms with E-state index in [2.05, 4.69) is 4.98 Å². The van der Waals surface area contributed by atoms with E-state index >= 15 is 0 Å². The van der Waals surface area contributed by atoms with Gasteiger partial charge in [-0.3, -0.25) is 10.4 Å². The molecule has 1 unspecified atom stereocenters. The number of ether oxygens (including phenoxy) is 1. The molecule has 0 fully saturated rings. The standard InChI is InChI=1S/C12H16F3N3O/c13-12(14,15)10(11(16)17)8-19-7-1-2-9-3-5-18-6-4-9/h3-6,10H,1-2,7-8H2,(H3,16,17). The Hall–Kier alpha value is -1.63. The van der Waals surface area contributed by atoms with Gasteiger partial charge in [-0.15, -0.1) is 0 Å². The highest BCUT2D eigenvalue weighted by Gasteiger charge is 2.41. The third-order valence-corrected chi connectivity index (χ3v) is 2.56. The predicted octanol–water partition coefficient (Wildman–Crippen LogP) is 2.15. The molecule has 1 rings (SSSR count). The van der Waals surface area contributed by atoms with Gasteiger partial charge in [-0.1, -0.05) is 0 Å². The second-order valence-electron chi connectivity index (χ2n) is 4.08. The van der Waals surface area contributed by atoms with E-state index in [0.717, 1.165) is 5.56 Å². The predicted molar refractivity (Wildman–Crippen MR) is 64.8 cm³/mol. The van der Waals surface area contributed by atoms with Gasteiger partial charge in [0.05, 0.1) is 6.61 Å². The van der Waals surface area contributed by atoms with Gasteiger partial charge in [-0.25, -0.2) is 0 Å². The van der Waals surface area contributed by atoms with E-state index in [1.165, 1.54) is 0 Å². The Kier molecular flexibility index (Phi) is 5.75. The number of aryl methyl sites for hydroxylation is 1. The van der Waals surface area contributed by atoms with Crippen molar-refractivity contribution < 1.29 is 17.9 Å². The number of nitrogens with zero attached hydrogens (tertiary/aromatic N) is 1. The first-order valence-corrected chi connectivity index (χ1v) is 5.78. The zero-order valence-corrected chi connectivity index (χ0v) is 10.3. The molecule has 106 valence electrons. The molecule has 7 heteroatoms. The fourth-order valence-electron chi connectivity index (χ4n) is 1.49. The van der Waals surface area contributed by atoms with Gasteiger partial charge in [0.1, 0.15) is 11.8 Å². The van der Waals surface area contributed by atoms with Crippen LogP contribution in [0, 0.1) is 11.3 Å². The zero-order chi connectivity index (χ0) is 14.3. The van der Waals surface area contributed by atoms with Crippen LogP contribution in [-0.4, -0.2) is 30.2 Å². The van der Waals surface area contributed by atoms with Crippen LogP contribution in [0.3, 0.4) is 0 Å². The minimum absolute atomic E-state index is 0.197. The van der Waals surface area contributed by atoms with Crippen molar-refractivity contribution in [1.82, 2.24) is 4.98 Å². The molecule has 0 saturated heterocycles. The van der Waals surface area contributed by atoms with Gasteiger partial charge in [-0.2, -0.15) is 13.2 Å². The summed E-state index contributed by atoms with van der Waals surface area (Å²) >= 11 is 0. The van der Waals surface area contributed by atoms with Crippen molar-refractivity contribution in [1.29, 1.82) is 5.41 Å². The quantitative estimate of drug-likeness (QED) is 0.455. The van der Waals surface area contributed by atoms with Crippen molar-refractivity contribution in [2.75, 3.05) is 13.2 Å². The summed E-state index contributed by atoms with van der Waals surface area (Å²) in [4.78, 5) is 3.87. The van der Waals surface area contributed by atoms with Crippen LogP contribution in [0.1, 0.15) is 12.0 Å². The lowest BCUT2D eigenvalue weighted by atomic mass is 10.1. The molecule has 19 heavy (non-hydrogen) atoms. The molecule has 0 aliphatic rings. The molecular formula is C12H16F3N3O. The Morgan fingerprint density at radius 1 is 1.37 bits per heavy atom. The van der Waals surface area contributed by atoms with E-state index in [9.17, 15) is 13.2 Å². The SMILES string of the molecule is N=C(N)C(COCCCc1ccncc1)C(F)(F)F. The number of nitrogens with two attached hydrogens (primary N) is 1. The summed E-state index contributed by atoms with van der Waals surface area (Å²) in [6, 6.07) is 3.68. The van der Waals surface area contributed by atoms with E-state index in [4.69, 9.17) is 15.9 Å². The van der Waals surface area contributed by atoms with Crippen LogP contribution in [-0.2, 0) is 11.2 Å². The average molecular weight is 275 g/mol. The third kappa shape index (κ3) is 5.69. The Labute approximate surface area is 109 Å². The van der Waals surface area contributed by atoms with Gasteiger partial charge >= 0.3 is 6.18 Å². The van der Waals surface area contributed by atoms with Crippen LogP contribution < -0.4 is 5.73 Å². The molecule has 4 nitrogen and oxygen atoms in total. The minimum Gasteiger partial charge on any atom is -0.387 e. The molecule has 0 aliphatic carbocycles. The smallest absolute Gasteiger partial charge is 0.387 e. The molecule has 1 aromatic heterocycles. The maximum atomic E-state index is 12.4. The van der Waals surface area contributed by atoms with E-state index < -0.39 is 24.5 Å². The zero-order valence-electron chi connectivity index (χ0n) is 10.3. The number of hydrogen-bond donors (Lipinski definition) is 2. The second-order valence-corrected chi connectivity index (χ2v) is 4.08. The lowest BCUT2D eigenvalue weighted by Crippen LogP contribution is -2.38. The normalized spacial score (nSPS) is 13.2. The van der Waals surface area contributed by atoms with Crippen molar-refractivity contribution in [3.8, 4) is 0 Å². The lowest BCUT2D eigenvalue weighted by Gasteiger charge is -2.18. The fraction of sp³-hybridized carbons (Fsp3) is 0.500. The van der Waals surface area contributed by atoms with Crippen molar-refractivity contribution in [2.24, 2.45) is 11.7 Å². The van der Waals surface area contributed by atoms with Crippen LogP contribution in [0.15, 0.2) is 24.5 Å². The topological polar surface area (TPSA) is 72.0 Å². The van der Waals surface area contributed by atoms with Gasteiger partial charge in [-0.05, 0) is 30.5 Å². The van der Waals surface area contributed by atoms with Crippen LogP contribution in [0.4, 0.5) is 13.2 Å². The van der Waals surface area contributed by atoms with Gasteiger partial charge in [0.2, 0.25) is 0 Å². The highest BCUT2D eigenvalue weighted by atomic mass is 19.4. The first kappa shape index (κ1) is 15.4. The number of halogens is 3. The van der Waals surface area contributed by atoms with E-state index in [-0.39, 0.29) is 6.61 Å². The summed E-state index contributed by atoms with van der Waals surface area (Å²) in [5, 5.41) is 6.89. The molecule has 3 N–H and O–H groups in total. The number of hydrogen-bond acceptors (Lipinski definition) is 3. The highest BCUT2D eigenvalue weighted by molar-refractivity contribution is 5.80. The number of amidine groups is 1. The average Bonchev–Trinajstić information content (AvgIpc) is 2.32. The molecule has 0 bridgehead atoms. The third-order valence-electron chi connectivity index (χ3n) is 2.56. The molecule has 1 aromatic rings. The Bertz CT molecular complexity index is 395.